The van der Waals surface area contributed by atoms with Crippen molar-refractivity contribution >= 4 is 5.97 Å². The van der Waals surface area contributed by atoms with E-state index in [1.54, 1.807) is 7.11 Å². The van der Waals surface area contributed by atoms with Gasteiger partial charge in [-0.05, 0) is 6.42 Å². The van der Waals surface area contributed by atoms with Crippen LogP contribution in [0.5, 0.6) is 0 Å². The number of ether oxygens (including phenoxy) is 1. The fraction of sp³-hybridized carbons (Fsp3) is 0.875. The first kappa shape index (κ1) is 11.4. The summed E-state index contributed by atoms with van der Waals surface area (Å²) in [5.41, 5.74) is 0. The second-order valence-electron chi connectivity index (χ2n) is 2.72. The normalized spacial score (nSPS) is 12.8. The zero-order valence-electron chi connectivity index (χ0n) is 7.67. The highest BCUT2D eigenvalue weighted by Gasteiger charge is 2.07. The van der Waals surface area contributed by atoms with E-state index in [-0.39, 0.29) is 12.6 Å². The van der Waals surface area contributed by atoms with Crippen molar-refractivity contribution in [1.29, 1.82) is 0 Å². The van der Waals surface area contributed by atoms with Crippen LogP contribution in [0, 0.1) is 0 Å². The molecule has 1 unspecified atom stereocenters. The number of carboxylic acid groups (broad SMARTS) is 1. The standard InChI is InChI=1S/C8H17NO3/c1-3-4-7(6-12-2)9-5-8(10)11/h7,9H,3-6H2,1-2H3,(H,10,11). The molecule has 0 bridgehead atoms. The summed E-state index contributed by atoms with van der Waals surface area (Å²) in [5, 5.41) is 11.3. The van der Waals surface area contributed by atoms with E-state index >= 15 is 0 Å². The van der Waals surface area contributed by atoms with Gasteiger partial charge in [-0.25, -0.2) is 0 Å². The molecule has 0 aromatic heterocycles. The van der Waals surface area contributed by atoms with Crippen molar-refractivity contribution < 1.29 is 14.6 Å². The largest absolute Gasteiger partial charge is 0.480 e. The van der Waals surface area contributed by atoms with Crippen molar-refractivity contribution in [2.45, 2.75) is 25.8 Å². The van der Waals surface area contributed by atoms with Gasteiger partial charge in [-0.2, -0.15) is 0 Å². The summed E-state index contributed by atoms with van der Waals surface area (Å²) >= 11 is 0. The topological polar surface area (TPSA) is 58.6 Å². The van der Waals surface area contributed by atoms with Crippen LogP contribution >= 0.6 is 0 Å². The van der Waals surface area contributed by atoms with Crippen LogP contribution in [0.2, 0.25) is 0 Å². The number of aliphatic carboxylic acids is 1. The molecule has 0 aromatic carbocycles. The van der Waals surface area contributed by atoms with Crippen molar-refractivity contribution in [1.82, 2.24) is 5.32 Å². The van der Waals surface area contributed by atoms with Gasteiger partial charge in [0, 0.05) is 13.2 Å². The molecule has 1 atom stereocenters. The minimum absolute atomic E-state index is 0.00796. The van der Waals surface area contributed by atoms with Gasteiger partial charge in [0.1, 0.15) is 0 Å². The summed E-state index contributed by atoms with van der Waals surface area (Å²) < 4.78 is 4.93. The van der Waals surface area contributed by atoms with E-state index in [0.29, 0.717) is 6.61 Å². The van der Waals surface area contributed by atoms with Gasteiger partial charge in [0.25, 0.3) is 0 Å². The molecule has 0 aliphatic heterocycles. The molecule has 0 amide bonds. The van der Waals surface area contributed by atoms with Gasteiger partial charge in [-0.15, -0.1) is 0 Å². The maximum Gasteiger partial charge on any atom is 0.317 e. The summed E-state index contributed by atoms with van der Waals surface area (Å²) in [6.07, 6.45) is 1.97. The number of methoxy groups -OCH3 is 1. The van der Waals surface area contributed by atoms with E-state index in [2.05, 4.69) is 12.2 Å². The van der Waals surface area contributed by atoms with E-state index in [9.17, 15) is 4.79 Å². The molecule has 0 fully saturated rings. The minimum atomic E-state index is -0.827. The third-order valence-corrected chi connectivity index (χ3v) is 1.55. The number of carboxylic acids is 1. The monoisotopic (exact) mass is 175 g/mol. The fourth-order valence-electron chi connectivity index (χ4n) is 1.03. The van der Waals surface area contributed by atoms with Gasteiger partial charge in [-0.1, -0.05) is 13.3 Å². The van der Waals surface area contributed by atoms with Crippen LogP contribution in [0.3, 0.4) is 0 Å². The molecule has 4 nitrogen and oxygen atoms in total. The molecule has 0 spiro atoms. The Morgan fingerprint density at radius 2 is 2.33 bits per heavy atom. The van der Waals surface area contributed by atoms with Gasteiger partial charge < -0.3 is 15.2 Å². The van der Waals surface area contributed by atoms with Crippen molar-refractivity contribution in [2.75, 3.05) is 20.3 Å². The predicted octanol–water partition coefficient (Wildman–Crippen LogP) is 0.476. The van der Waals surface area contributed by atoms with Crippen LogP contribution in [0.4, 0.5) is 0 Å². The number of hydrogen-bond donors (Lipinski definition) is 2. The molecular weight excluding hydrogens is 158 g/mol. The molecule has 0 heterocycles. The minimum Gasteiger partial charge on any atom is -0.480 e. The summed E-state index contributed by atoms with van der Waals surface area (Å²) in [6.45, 7) is 2.64. The average molecular weight is 175 g/mol. The molecule has 0 radical (unpaired) electrons. The third kappa shape index (κ3) is 6.12. The Bertz CT molecular complexity index is 121. The fourth-order valence-corrected chi connectivity index (χ4v) is 1.03. The first-order valence-electron chi connectivity index (χ1n) is 4.14. The average Bonchev–Trinajstić information content (AvgIpc) is 2.01. The lowest BCUT2D eigenvalue weighted by atomic mass is 10.2. The van der Waals surface area contributed by atoms with Gasteiger partial charge in [0.2, 0.25) is 0 Å². The quantitative estimate of drug-likeness (QED) is 0.590. The molecule has 12 heavy (non-hydrogen) atoms. The lowest BCUT2D eigenvalue weighted by molar-refractivity contribution is -0.136. The van der Waals surface area contributed by atoms with E-state index in [0.717, 1.165) is 12.8 Å². The lowest BCUT2D eigenvalue weighted by Crippen LogP contribution is -2.36. The Kier molecular flexibility index (Phi) is 6.70. The predicted molar refractivity (Wildman–Crippen MR) is 46.2 cm³/mol. The second-order valence-corrected chi connectivity index (χ2v) is 2.72. The Morgan fingerprint density at radius 1 is 1.67 bits per heavy atom. The van der Waals surface area contributed by atoms with Crippen LogP contribution in [0.25, 0.3) is 0 Å². The molecule has 0 rings (SSSR count). The molecular formula is C8H17NO3. The summed E-state index contributed by atoms with van der Waals surface area (Å²) in [7, 11) is 1.62. The maximum absolute atomic E-state index is 10.2. The summed E-state index contributed by atoms with van der Waals surface area (Å²) in [4.78, 5) is 10.2. The van der Waals surface area contributed by atoms with Crippen LogP contribution in [-0.2, 0) is 9.53 Å². The lowest BCUT2D eigenvalue weighted by Gasteiger charge is -2.15. The van der Waals surface area contributed by atoms with Gasteiger partial charge in [0.15, 0.2) is 0 Å². The van der Waals surface area contributed by atoms with E-state index in [1.807, 2.05) is 0 Å². The molecule has 72 valence electrons. The van der Waals surface area contributed by atoms with Crippen molar-refractivity contribution in [2.24, 2.45) is 0 Å². The Morgan fingerprint density at radius 3 is 2.75 bits per heavy atom. The summed E-state index contributed by atoms with van der Waals surface area (Å²) in [6, 6.07) is 0.163. The number of rotatable bonds is 7. The third-order valence-electron chi connectivity index (χ3n) is 1.55. The number of hydrogen-bond acceptors (Lipinski definition) is 3. The second kappa shape index (κ2) is 7.06. The molecule has 0 aliphatic carbocycles. The Balaban J connectivity index is 3.54. The highest BCUT2D eigenvalue weighted by molar-refractivity contribution is 5.69. The van der Waals surface area contributed by atoms with E-state index in [1.165, 1.54) is 0 Å². The Hall–Kier alpha value is -0.610. The molecule has 4 heteroatoms. The molecule has 2 N–H and O–H groups in total. The molecule has 0 aliphatic rings. The van der Waals surface area contributed by atoms with Crippen molar-refractivity contribution in [3.63, 3.8) is 0 Å². The SMILES string of the molecule is CCCC(COC)NCC(=O)O. The molecule has 0 saturated carbocycles. The van der Waals surface area contributed by atoms with Crippen LogP contribution in [0.1, 0.15) is 19.8 Å². The first-order valence-corrected chi connectivity index (χ1v) is 4.14. The van der Waals surface area contributed by atoms with Gasteiger partial charge in [-0.3, -0.25) is 4.79 Å². The maximum atomic E-state index is 10.2. The van der Waals surface area contributed by atoms with E-state index < -0.39 is 5.97 Å². The van der Waals surface area contributed by atoms with Crippen LogP contribution in [0.15, 0.2) is 0 Å². The van der Waals surface area contributed by atoms with Crippen molar-refractivity contribution in [3.05, 3.63) is 0 Å². The molecule has 0 aromatic rings. The van der Waals surface area contributed by atoms with Crippen LogP contribution < -0.4 is 5.32 Å². The smallest absolute Gasteiger partial charge is 0.317 e. The van der Waals surface area contributed by atoms with Gasteiger partial charge >= 0.3 is 5.97 Å². The van der Waals surface area contributed by atoms with Crippen LogP contribution in [-0.4, -0.2) is 37.4 Å². The zero-order valence-corrected chi connectivity index (χ0v) is 7.67. The first-order chi connectivity index (χ1) is 5.70. The summed E-state index contributed by atoms with van der Waals surface area (Å²) in [5.74, 6) is -0.827. The van der Waals surface area contributed by atoms with Gasteiger partial charge in [0.05, 0.1) is 13.2 Å². The number of carbonyl (C=O) groups is 1. The molecule has 0 saturated heterocycles. The van der Waals surface area contributed by atoms with Crippen molar-refractivity contribution in [3.8, 4) is 0 Å². The highest BCUT2D eigenvalue weighted by Crippen LogP contribution is 1.96. The van der Waals surface area contributed by atoms with E-state index in [4.69, 9.17) is 9.84 Å². The number of nitrogens with one attached hydrogen (secondary N) is 1. The zero-order chi connectivity index (χ0) is 9.40. The highest BCUT2D eigenvalue weighted by atomic mass is 16.5. The Labute approximate surface area is 72.9 Å².